The second-order valence-corrected chi connectivity index (χ2v) is 5.08. The number of benzene rings is 1. The van der Waals surface area contributed by atoms with Crippen molar-refractivity contribution in [1.82, 2.24) is 4.90 Å². The maximum atomic E-state index is 9.19. The molecule has 1 saturated heterocycles. The van der Waals surface area contributed by atoms with Crippen molar-refractivity contribution in [1.29, 1.82) is 0 Å². The molecule has 0 amide bonds. The molecular formula is C15H23NO. The minimum absolute atomic E-state index is 0.356. The molecule has 0 unspecified atom stereocenters. The zero-order chi connectivity index (χ0) is 11.9. The summed E-state index contributed by atoms with van der Waals surface area (Å²) in [5, 5.41) is 9.19. The average Bonchev–Trinajstić information content (AvgIpc) is 2.40. The minimum Gasteiger partial charge on any atom is -0.396 e. The van der Waals surface area contributed by atoms with E-state index in [0.29, 0.717) is 12.5 Å². The van der Waals surface area contributed by atoms with Crippen LogP contribution in [0.25, 0.3) is 0 Å². The number of piperidine rings is 1. The lowest BCUT2D eigenvalue weighted by molar-refractivity contribution is 0.120. The normalized spacial score (nSPS) is 21.6. The van der Waals surface area contributed by atoms with E-state index in [1.54, 1.807) is 0 Å². The van der Waals surface area contributed by atoms with Gasteiger partial charge in [-0.25, -0.2) is 0 Å². The van der Waals surface area contributed by atoms with Crippen molar-refractivity contribution < 1.29 is 5.11 Å². The summed E-state index contributed by atoms with van der Waals surface area (Å²) in [6.07, 6.45) is 4.84. The summed E-state index contributed by atoms with van der Waals surface area (Å²) in [6.45, 7) is 3.83. The molecule has 0 aromatic heterocycles. The van der Waals surface area contributed by atoms with Crippen LogP contribution in [0.5, 0.6) is 0 Å². The van der Waals surface area contributed by atoms with Crippen LogP contribution in [0, 0.1) is 5.92 Å². The third-order valence-electron chi connectivity index (χ3n) is 3.64. The fourth-order valence-corrected chi connectivity index (χ4v) is 2.65. The lowest BCUT2D eigenvalue weighted by Gasteiger charge is -2.31. The molecule has 0 spiro atoms. The van der Waals surface area contributed by atoms with Crippen molar-refractivity contribution in [2.75, 3.05) is 26.2 Å². The Labute approximate surface area is 104 Å². The smallest absolute Gasteiger partial charge is 0.0471 e. The summed E-state index contributed by atoms with van der Waals surface area (Å²) in [5.41, 5.74) is 1.43. The van der Waals surface area contributed by atoms with Crippen LogP contribution in [-0.4, -0.2) is 36.2 Å². The van der Waals surface area contributed by atoms with Crippen LogP contribution < -0.4 is 0 Å². The van der Waals surface area contributed by atoms with E-state index in [9.17, 15) is 5.11 Å². The first kappa shape index (κ1) is 12.6. The number of aliphatic hydroxyl groups is 1. The van der Waals surface area contributed by atoms with Crippen molar-refractivity contribution >= 4 is 0 Å². The number of nitrogens with zero attached hydrogens (tertiary/aromatic N) is 1. The summed E-state index contributed by atoms with van der Waals surface area (Å²) in [7, 11) is 0. The van der Waals surface area contributed by atoms with Crippen molar-refractivity contribution in [3.8, 4) is 0 Å². The number of likely N-dealkylation sites (tertiary alicyclic amines) is 1. The highest BCUT2D eigenvalue weighted by molar-refractivity contribution is 5.14. The van der Waals surface area contributed by atoms with E-state index in [1.807, 2.05) is 0 Å². The van der Waals surface area contributed by atoms with E-state index in [1.165, 1.54) is 44.3 Å². The molecule has 1 aromatic carbocycles. The predicted molar refractivity (Wildman–Crippen MR) is 71.0 cm³/mol. The molecule has 0 radical (unpaired) electrons. The molecule has 1 atom stereocenters. The van der Waals surface area contributed by atoms with Crippen LogP contribution in [0.2, 0.25) is 0 Å². The van der Waals surface area contributed by atoms with Gasteiger partial charge < -0.3 is 10.0 Å². The zero-order valence-corrected chi connectivity index (χ0v) is 10.5. The molecule has 2 rings (SSSR count). The van der Waals surface area contributed by atoms with Gasteiger partial charge in [-0.1, -0.05) is 30.3 Å². The topological polar surface area (TPSA) is 23.5 Å². The lowest BCUT2D eigenvalue weighted by atomic mass is 9.98. The first-order valence-electron chi connectivity index (χ1n) is 6.75. The monoisotopic (exact) mass is 233 g/mol. The van der Waals surface area contributed by atoms with Crippen LogP contribution in [0.15, 0.2) is 30.3 Å². The Kier molecular flexibility index (Phi) is 5.02. The van der Waals surface area contributed by atoms with Gasteiger partial charge in [0.1, 0.15) is 0 Å². The van der Waals surface area contributed by atoms with Crippen LogP contribution in [0.3, 0.4) is 0 Å². The highest BCUT2D eigenvalue weighted by Gasteiger charge is 2.18. The fourth-order valence-electron chi connectivity index (χ4n) is 2.65. The molecule has 0 aliphatic carbocycles. The van der Waals surface area contributed by atoms with Crippen molar-refractivity contribution in [2.45, 2.75) is 25.7 Å². The number of aliphatic hydroxyl groups excluding tert-OH is 1. The molecule has 2 nitrogen and oxygen atoms in total. The molecular weight excluding hydrogens is 210 g/mol. The van der Waals surface area contributed by atoms with Crippen molar-refractivity contribution in [3.05, 3.63) is 35.9 Å². The summed E-state index contributed by atoms with van der Waals surface area (Å²) in [4.78, 5) is 2.51. The Morgan fingerprint density at radius 3 is 2.82 bits per heavy atom. The van der Waals surface area contributed by atoms with Gasteiger partial charge in [0.25, 0.3) is 0 Å². The van der Waals surface area contributed by atoms with E-state index < -0.39 is 0 Å². The summed E-state index contributed by atoms with van der Waals surface area (Å²) in [5.74, 6) is 0.514. The SMILES string of the molecule is OC[C@H]1CCCN(CCCc2ccccc2)C1. The molecule has 0 saturated carbocycles. The van der Waals surface area contributed by atoms with Gasteiger partial charge in [-0.3, -0.25) is 0 Å². The van der Waals surface area contributed by atoms with E-state index in [0.717, 1.165) is 6.54 Å². The first-order chi connectivity index (χ1) is 8.38. The van der Waals surface area contributed by atoms with Gasteiger partial charge in [-0.15, -0.1) is 0 Å². The summed E-state index contributed by atoms with van der Waals surface area (Å²) >= 11 is 0. The van der Waals surface area contributed by atoms with Crippen molar-refractivity contribution in [2.24, 2.45) is 5.92 Å². The molecule has 1 heterocycles. The highest BCUT2D eigenvalue weighted by atomic mass is 16.3. The molecule has 2 heteroatoms. The van der Waals surface area contributed by atoms with Gasteiger partial charge in [0.15, 0.2) is 0 Å². The van der Waals surface area contributed by atoms with Gasteiger partial charge in [-0.05, 0) is 50.3 Å². The standard InChI is InChI=1S/C15H23NO/c17-13-15-9-5-11-16(12-15)10-4-8-14-6-2-1-3-7-14/h1-3,6-7,15,17H,4-5,8-13H2/t15-/m0/s1. The van der Waals surface area contributed by atoms with Crippen molar-refractivity contribution in [3.63, 3.8) is 0 Å². The average molecular weight is 233 g/mol. The Morgan fingerprint density at radius 1 is 1.24 bits per heavy atom. The first-order valence-corrected chi connectivity index (χ1v) is 6.75. The molecule has 17 heavy (non-hydrogen) atoms. The third kappa shape index (κ3) is 4.14. The fraction of sp³-hybridized carbons (Fsp3) is 0.600. The van der Waals surface area contributed by atoms with Gasteiger partial charge in [0.05, 0.1) is 0 Å². The van der Waals surface area contributed by atoms with E-state index in [2.05, 4.69) is 35.2 Å². The number of hydrogen-bond donors (Lipinski definition) is 1. The van der Waals surface area contributed by atoms with Crippen LogP contribution in [-0.2, 0) is 6.42 Å². The second-order valence-electron chi connectivity index (χ2n) is 5.08. The predicted octanol–water partition coefficient (Wildman–Crippen LogP) is 2.32. The van der Waals surface area contributed by atoms with E-state index >= 15 is 0 Å². The van der Waals surface area contributed by atoms with Gasteiger partial charge in [0.2, 0.25) is 0 Å². The maximum absolute atomic E-state index is 9.19. The Hall–Kier alpha value is -0.860. The van der Waals surface area contributed by atoms with Gasteiger partial charge >= 0.3 is 0 Å². The maximum Gasteiger partial charge on any atom is 0.0471 e. The highest BCUT2D eigenvalue weighted by Crippen LogP contribution is 2.16. The summed E-state index contributed by atoms with van der Waals surface area (Å²) in [6, 6.07) is 10.7. The largest absolute Gasteiger partial charge is 0.396 e. The Balaban J connectivity index is 1.68. The molecule has 1 aliphatic rings. The molecule has 94 valence electrons. The zero-order valence-electron chi connectivity index (χ0n) is 10.5. The van der Waals surface area contributed by atoms with Crippen LogP contribution >= 0.6 is 0 Å². The molecule has 1 N–H and O–H groups in total. The van der Waals surface area contributed by atoms with E-state index in [-0.39, 0.29) is 0 Å². The van der Waals surface area contributed by atoms with Crippen LogP contribution in [0.4, 0.5) is 0 Å². The lowest BCUT2D eigenvalue weighted by Crippen LogP contribution is -2.37. The third-order valence-corrected chi connectivity index (χ3v) is 3.64. The summed E-state index contributed by atoms with van der Waals surface area (Å²) < 4.78 is 0. The number of rotatable bonds is 5. The Morgan fingerprint density at radius 2 is 2.06 bits per heavy atom. The molecule has 1 aromatic rings. The molecule has 1 fully saturated rings. The second kappa shape index (κ2) is 6.77. The van der Waals surface area contributed by atoms with Crippen LogP contribution in [0.1, 0.15) is 24.8 Å². The van der Waals surface area contributed by atoms with Gasteiger partial charge in [-0.2, -0.15) is 0 Å². The van der Waals surface area contributed by atoms with E-state index in [4.69, 9.17) is 0 Å². The Bertz CT molecular complexity index is 312. The van der Waals surface area contributed by atoms with Gasteiger partial charge in [0, 0.05) is 13.2 Å². The minimum atomic E-state index is 0.356. The number of hydrogen-bond acceptors (Lipinski definition) is 2. The molecule has 1 aliphatic heterocycles. The molecule has 0 bridgehead atoms. The number of aryl methyl sites for hydroxylation is 1. The quantitative estimate of drug-likeness (QED) is 0.843.